The van der Waals surface area contributed by atoms with Crippen molar-refractivity contribution in [2.45, 2.75) is 26.2 Å². The molecule has 0 N–H and O–H groups in total. The third kappa shape index (κ3) is 4.57. The highest BCUT2D eigenvalue weighted by molar-refractivity contribution is 7.80. The van der Waals surface area contributed by atoms with Crippen molar-refractivity contribution in [3.63, 3.8) is 0 Å². The van der Waals surface area contributed by atoms with E-state index < -0.39 is 0 Å². The Hall–Kier alpha value is -1.87. The van der Waals surface area contributed by atoms with Crippen LogP contribution in [0, 0.1) is 0 Å². The van der Waals surface area contributed by atoms with E-state index in [9.17, 15) is 0 Å². The third-order valence-electron chi connectivity index (χ3n) is 3.28. The average Bonchev–Trinajstić information content (AvgIpc) is 2.54. The van der Waals surface area contributed by atoms with Crippen molar-refractivity contribution < 1.29 is 9.47 Å². The van der Waals surface area contributed by atoms with Crippen molar-refractivity contribution >= 4 is 17.3 Å². The molecule has 0 atom stereocenters. The summed E-state index contributed by atoms with van der Waals surface area (Å²) in [5.41, 5.74) is 2.27. The van der Waals surface area contributed by atoms with Crippen LogP contribution in [0.25, 0.3) is 0 Å². The Morgan fingerprint density at radius 2 is 1.57 bits per heavy atom. The van der Waals surface area contributed by atoms with Gasteiger partial charge in [0.25, 0.3) is 0 Å². The van der Waals surface area contributed by atoms with Gasteiger partial charge >= 0.3 is 0 Å². The number of unbranched alkanes of at least 4 members (excludes halogenated alkanes) is 1. The van der Waals surface area contributed by atoms with E-state index in [1.54, 1.807) is 7.11 Å². The van der Waals surface area contributed by atoms with Crippen molar-refractivity contribution in [1.82, 2.24) is 0 Å². The van der Waals surface area contributed by atoms with Crippen LogP contribution in [-0.4, -0.2) is 12.2 Å². The molecular weight excluding hydrogens is 280 g/mol. The average molecular weight is 300 g/mol. The molecule has 2 aromatic carbocycles. The van der Waals surface area contributed by atoms with Gasteiger partial charge in [0.05, 0.1) is 7.11 Å². The molecule has 110 valence electrons. The first-order valence-corrected chi connectivity index (χ1v) is 7.59. The highest BCUT2D eigenvalue weighted by Crippen LogP contribution is 2.19. The molecule has 0 aromatic heterocycles. The number of methoxy groups -OCH3 is 1. The molecule has 2 nitrogen and oxygen atoms in total. The molecule has 0 radical (unpaired) electrons. The fraction of sp³-hybridized carbons (Fsp3) is 0.278. The van der Waals surface area contributed by atoms with Gasteiger partial charge in [-0.25, -0.2) is 0 Å². The monoisotopic (exact) mass is 300 g/mol. The Kier molecular flexibility index (Phi) is 5.76. The molecule has 2 rings (SSSR count). The van der Waals surface area contributed by atoms with Gasteiger partial charge in [-0.1, -0.05) is 37.6 Å². The van der Waals surface area contributed by atoms with Gasteiger partial charge in [-0.3, -0.25) is 0 Å². The van der Waals surface area contributed by atoms with Crippen LogP contribution in [0.2, 0.25) is 0 Å². The van der Waals surface area contributed by atoms with E-state index in [2.05, 4.69) is 19.1 Å². The molecule has 0 saturated heterocycles. The lowest BCUT2D eigenvalue weighted by Crippen LogP contribution is -2.06. The van der Waals surface area contributed by atoms with Gasteiger partial charge in [-0.05, 0) is 54.9 Å². The normalized spacial score (nSPS) is 10.2. The van der Waals surface area contributed by atoms with Gasteiger partial charge in [0.2, 0.25) is 0 Å². The lowest BCUT2D eigenvalue weighted by Gasteiger charge is -2.08. The predicted molar refractivity (Wildman–Crippen MR) is 90.4 cm³/mol. The standard InChI is InChI=1S/C18H20O2S/c1-3-4-5-14-6-8-15(9-7-14)18(21)20-17-12-10-16(19-2)11-13-17/h6-13H,3-5H2,1-2H3. The highest BCUT2D eigenvalue weighted by atomic mass is 32.1. The lowest BCUT2D eigenvalue weighted by atomic mass is 10.1. The SMILES string of the molecule is CCCCc1ccc(C(=S)Oc2ccc(OC)cc2)cc1. The topological polar surface area (TPSA) is 18.5 Å². The maximum Gasteiger partial charge on any atom is 0.198 e. The van der Waals surface area contributed by atoms with E-state index in [0.29, 0.717) is 5.05 Å². The number of benzene rings is 2. The van der Waals surface area contributed by atoms with Crippen molar-refractivity contribution in [1.29, 1.82) is 0 Å². The Balaban J connectivity index is 1.98. The minimum Gasteiger partial charge on any atom is -0.497 e. The van der Waals surface area contributed by atoms with Gasteiger partial charge in [0.15, 0.2) is 5.05 Å². The molecule has 3 heteroatoms. The smallest absolute Gasteiger partial charge is 0.198 e. The Labute approximate surface area is 131 Å². The molecule has 0 spiro atoms. The zero-order chi connectivity index (χ0) is 15.1. The van der Waals surface area contributed by atoms with Crippen LogP contribution in [0.5, 0.6) is 11.5 Å². The van der Waals surface area contributed by atoms with Gasteiger partial charge in [0, 0.05) is 5.56 Å². The van der Waals surface area contributed by atoms with Crippen LogP contribution in [-0.2, 0) is 6.42 Å². The number of hydrogen-bond donors (Lipinski definition) is 0. The summed E-state index contributed by atoms with van der Waals surface area (Å²) < 4.78 is 10.8. The lowest BCUT2D eigenvalue weighted by molar-refractivity contribution is 0.414. The third-order valence-corrected chi connectivity index (χ3v) is 3.60. The molecule has 0 fully saturated rings. The van der Waals surface area contributed by atoms with Crippen LogP contribution in [0.3, 0.4) is 0 Å². The highest BCUT2D eigenvalue weighted by Gasteiger charge is 2.04. The maximum absolute atomic E-state index is 5.70. The summed E-state index contributed by atoms with van der Waals surface area (Å²) in [5, 5.41) is 0.488. The van der Waals surface area contributed by atoms with Gasteiger partial charge in [0.1, 0.15) is 11.5 Å². The Morgan fingerprint density at radius 1 is 0.952 bits per heavy atom. The zero-order valence-corrected chi connectivity index (χ0v) is 13.3. The van der Waals surface area contributed by atoms with E-state index in [1.807, 2.05) is 36.4 Å². The molecule has 0 aliphatic heterocycles. The Morgan fingerprint density at radius 3 is 2.14 bits per heavy atom. The quantitative estimate of drug-likeness (QED) is 0.714. The minimum absolute atomic E-state index is 0.488. The van der Waals surface area contributed by atoms with E-state index in [4.69, 9.17) is 21.7 Å². The second-order valence-electron chi connectivity index (χ2n) is 4.87. The summed E-state index contributed by atoms with van der Waals surface area (Å²) in [4.78, 5) is 0. The second kappa shape index (κ2) is 7.79. The number of aryl methyl sites for hydroxylation is 1. The summed E-state index contributed by atoms with van der Waals surface area (Å²) in [6, 6.07) is 15.7. The Bertz CT molecular complexity index is 573. The molecular formula is C18H20O2S. The minimum atomic E-state index is 0.488. The number of ether oxygens (including phenoxy) is 2. The number of hydrogen-bond acceptors (Lipinski definition) is 3. The van der Waals surface area contributed by atoms with Crippen LogP contribution in [0.15, 0.2) is 48.5 Å². The summed E-state index contributed by atoms with van der Waals surface area (Å²) in [5.74, 6) is 1.52. The molecule has 0 unspecified atom stereocenters. The molecule has 0 heterocycles. The van der Waals surface area contributed by atoms with E-state index >= 15 is 0 Å². The summed E-state index contributed by atoms with van der Waals surface area (Å²) in [6.07, 6.45) is 3.54. The molecule has 21 heavy (non-hydrogen) atoms. The van der Waals surface area contributed by atoms with Gasteiger partial charge in [-0.15, -0.1) is 0 Å². The zero-order valence-electron chi connectivity index (χ0n) is 12.5. The first-order chi connectivity index (χ1) is 10.2. The van der Waals surface area contributed by atoms with Crippen molar-refractivity contribution in [2.24, 2.45) is 0 Å². The van der Waals surface area contributed by atoms with Gasteiger partial charge in [-0.2, -0.15) is 0 Å². The number of thiocarbonyl (C=S) groups is 1. The molecule has 0 aliphatic carbocycles. The van der Waals surface area contributed by atoms with Crippen molar-refractivity contribution in [2.75, 3.05) is 7.11 Å². The van der Waals surface area contributed by atoms with Crippen LogP contribution in [0.4, 0.5) is 0 Å². The summed E-state index contributed by atoms with van der Waals surface area (Å²) in [6.45, 7) is 2.20. The molecule has 0 amide bonds. The van der Waals surface area contributed by atoms with Crippen LogP contribution in [0.1, 0.15) is 30.9 Å². The maximum atomic E-state index is 5.70. The molecule has 0 bridgehead atoms. The molecule has 2 aromatic rings. The van der Waals surface area contributed by atoms with Gasteiger partial charge < -0.3 is 9.47 Å². The molecule has 0 aliphatic rings. The van der Waals surface area contributed by atoms with Crippen molar-refractivity contribution in [3.05, 3.63) is 59.7 Å². The number of rotatable bonds is 6. The van der Waals surface area contributed by atoms with E-state index in [1.165, 1.54) is 18.4 Å². The molecule has 0 saturated carbocycles. The van der Waals surface area contributed by atoms with Crippen molar-refractivity contribution in [3.8, 4) is 11.5 Å². The first-order valence-electron chi connectivity index (χ1n) is 7.18. The van der Waals surface area contributed by atoms with Crippen LogP contribution < -0.4 is 9.47 Å². The van der Waals surface area contributed by atoms with E-state index in [-0.39, 0.29) is 0 Å². The van der Waals surface area contributed by atoms with Crippen LogP contribution >= 0.6 is 12.2 Å². The van der Waals surface area contributed by atoms with E-state index in [0.717, 1.165) is 23.5 Å². The second-order valence-corrected chi connectivity index (χ2v) is 5.24. The predicted octanol–water partition coefficient (Wildman–Crippen LogP) is 4.79. The first kappa shape index (κ1) is 15.5. The fourth-order valence-corrected chi connectivity index (χ4v) is 2.23. The summed E-state index contributed by atoms with van der Waals surface area (Å²) >= 11 is 5.34. The summed E-state index contributed by atoms with van der Waals surface area (Å²) in [7, 11) is 1.64. The fourth-order valence-electron chi connectivity index (χ4n) is 2.00. The largest absolute Gasteiger partial charge is 0.497 e.